The Morgan fingerprint density at radius 1 is 1.10 bits per heavy atom. The van der Waals surface area contributed by atoms with E-state index in [1.807, 2.05) is 31.4 Å². The van der Waals surface area contributed by atoms with E-state index in [0.717, 1.165) is 5.56 Å². The zero-order valence-electron chi connectivity index (χ0n) is 16.6. The number of benzene rings is 2. The third kappa shape index (κ3) is 4.36. The number of nitrogens with zero attached hydrogens (tertiary/aromatic N) is 2. The molecule has 0 aromatic heterocycles. The molecular weight excluding hydrogens is 412 g/mol. The molecule has 0 bridgehead atoms. The molecular formula is C21H21ClN2O4S. The van der Waals surface area contributed by atoms with Gasteiger partial charge in [-0.1, -0.05) is 29.4 Å². The van der Waals surface area contributed by atoms with Gasteiger partial charge in [0.05, 0.1) is 31.5 Å². The number of aliphatic imine (C=N–C) groups is 1. The van der Waals surface area contributed by atoms with Crippen molar-refractivity contribution < 1.29 is 19.0 Å². The van der Waals surface area contributed by atoms with E-state index in [9.17, 15) is 4.79 Å². The van der Waals surface area contributed by atoms with Crippen LogP contribution in [0, 0.1) is 0 Å². The average Bonchev–Trinajstić information content (AvgIpc) is 3.04. The van der Waals surface area contributed by atoms with Gasteiger partial charge in [0.2, 0.25) is 0 Å². The Morgan fingerprint density at radius 3 is 2.45 bits per heavy atom. The normalized spacial score (nSPS) is 14.9. The molecule has 1 heterocycles. The minimum atomic E-state index is -0.233. The summed E-state index contributed by atoms with van der Waals surface area (Å²) in [6.07, 6.45) is 3.59. The molecule has 8 heteroatoms. The van der Waals surface area contributed by atoms with Crippen molar-refractivity contribution in [2.24, 2.45) is 4.99 Å². The predicted molar refractivity (Wildman–Crippen MR) is 119 cm³/mol. The second kappa shape index (κ2) is 9.24. The highest BCUT2D eigenvalue weighted by molar-refractivity contribution is 8.13. The number of thioether (sulfide) groups is 1. The molecule has 0 aliphatic carbocycles. The van der Waals surface area contributed by atoms with Gasteiger partial charge in [-0.05, 0) is 55.2 Å². The second-order valence-electron chi connectivity index (χ2n) is 5.93. The highest BCUT2D eigenvalue weighted by Gasteiger charge is 2.31. The molecule has 0 saturated carbocycles. The smallest absolute Gasteiger partial charge is 0.283 e. The third-order valence-electron chi connectivity index (χ3n) is 4.20. The summed E-state index contributed by atoms with van der Waals surface area (Å²) in [7, 11) is 3.12. The van der Waals surface area contributed by atoms with Crippen LogP contribution in [0.3, 0.4) is 0 Å². The number of halogens is 1. The van der Waals surface area contributed by atoms with E-state index in [4.69, 9.17) is 25.8 Å². The number of anilines is 1. The van der Waals surface area contributed by atoms with Crippen LogP contribution in [0.25, 0.3) is 6.08 Å². The Kier molecular flexibility index (Phi) is 6.71. The fraction of sp³-hybridized carbons (Fsp3) is 0.238. The number of hydrogen-bond donors (Lipinski definition) is 0. The lowest BCUT2D eigenvalue weighted by Crippen LogP contribution is -2.30. The largest absolute Gasteiger partial charge is 0.495 e. The summed E-state index contributed by atoms with van der Waals surface area (Å²) >= 11 is 7.62. The number of rotatable bonds is 6. The minimum absolute atomic E-state index is 0.233. The third-order valence-corrected chi connectivity index (χ3v) is 5.13. The highest BCUT2D eigenvalue weighted by Crippen LogP contribution is 2.34. The molecule has 6 nitrogen and oxygen atoms in total. The second-order valence-corrected chi connectivity index (χ2v) is 7.11. The summed E-state index contributed by atoms with van der Waals surface area (Å²) in [5.74, 6) is 1.56. The molecule has 1 aliphatic rings. The van der Waals surface area contributed by atoms with Gasteiger partial charge in [0, 0.05) is 0 Å². The number of methoxy groups -OCH3 is 2. The van der Waals surface area contributed by atoms with Gasteiger partial charge in [0.1, 0.15) is 11.4 Å². The number of carbonyl (C=O) groups is 1. The quantitative estimate of drug-likeness (QED) is 0.610. The van der Waals surface area contributed by atoms with Gasteiger partial charge in [-0.3, -0.25) is 9.69 Å². The van der Waals surface area contributed by atoms with Crippen molar-refractivity contribution in [1.29, 1.82) is 0 Å². The average molecular weight is 433 g/mol. The minimum Gasteiger partial charge on any atom is -0.495 e. The lowest BCUT2D eigenvalue weighted by molar-refractivity contribution is -0.113. The lowest BCUT2D eigenvalue weighted by atomic mass is 10.1. The van der Waals surface area contributed by atoms with Crippen LogP contribution in [0.4, 0.5) is 5.69 Å². The number of ether oxygens (including phenoxy) is 3. The molecule has 3 rings (SSSR count). The SMILES string of the molecule is CCOc1ccc(C=C2N=C(SC)N(c3ccc(OC)c(Cl)c3)C2=O)cc1OC. The Morgan fingerprint density at radius 2 is 1.83 bits per heavy atom. The molecule has 152 valence electrons. The molecule has 0 radical (unpaired) electrons. The first-order valence-electron chi connectivity index (χ1n) is 8.85. The molecule has 0 N–H and O–H groups in total. The maximum Gasteiger partial charge on any atom is 0.283 e. The van der Waals surface area contributed by atoms with Gasteiger partial charge < -0.3 is 14.2 Å². The van der Waals surface area contributed by atoms with Gasteiger partial charge >= 0.3 is 0 Å². The van der Waals surface area contributed by atoms with Crippen molar-refractivity contribution in [2.75, 3.05) is 32.0 Å². The van der Waals surface area contributed by atoms with Crippen molar-refractivity contribution in [3.05, 3.63) is 52.7 Å². The number of amidine groups is 1. The van der Waals surface area contributed by atoms with E-state index < -0.39 is 0 Å². The van der Waals surface area contributed by atoms with E-state index in [2.05, 4.69) is 4.99 Å². The maximum atomic E-state index is 13.1. The molecule has 0 saturated heterocycles. The van der Waals surface area contributed by atoms with Crippen LogP contribution in [-0.4, -0.2) is 38.2 Å². The van der Waals surface area contributed by atoms with Crippen molar-refractivity contribution in [3.63, 3.8) is 0 Å². The van der Waals surface area contributed by atoms with Gasteiger partial charge in [0.15, 0.2) is 16.7 Å². The Bertz CT molecular complexity index is 991. The molecule has 0 fully saturated rings. The van der Waals surface area contributed by atoms with Gasteiger partial charge in [-0.25, -0.2) is 4.99 Å². The first kappa shape index (κ1) is 21.1. The predicted octanol–water partition coefficient (Wildman–Crippen LogP) is 4.86. The van der Waals surface area contributed by atoms with Gasteiger partial charge in [-0.15, -0.1) is 0 Å². The topological polar surface area (TPSA) is 60.4 Å². The molecule has 0 unspecified atom stereocenters. The van der Waals surface area contributed by atoms with Crippen molar-refractivity contribution >= 4 is 46.2 Å². The lowest BCUT2D eigenvalue weighted by Gasteiger charge is -2.17. The molecule has 2 aromatic rings. The van der Waals surface area contributed by atoms with Gasteiger partial charge in [0.25, 0.3) is 5.91 Å². The number of hydrogen-bond acceptors (Lipinski definition) is 6. The molecule has 2 aromatic carbocycles. The fourth-order valence-electron chi connectivity index (χ4n) is 2.86. The number of carbonyl (C=O) groups excluding carboxylic acids is 1. The van der Waals surface area contributed by atoms with Gasteiger partial charge in [-0.2, -0.15) is 0 Å². The Labute approximate surface area is 179 Å². The van der Waals surface area contributed by atoms with Crippen LogP contribution in [-0.2, 0) is 4.79 Å². The zero-order chi connectivity index (χ0) is 21.0. The first-order chi connectivity index (χ1) is 14.0. The van der Waals surface area contributed by atoms with Crippen LogP contribution in [0.2, 0.25) is 5.02 Å². The Hall–Kier alpha value is -2.64. The molecule has 0 atom stereocenters. The summed E-state index contributed by atoms with van der Waals surface area (Å²) in [5.41, 5.74) is 1.74. The first-order valence-corrected chi connectivity index (χ1v) is 10.5. The van der Waals surface area contributed by atoms with E-state index in [1.165, 1.54) is 16.7 Å². The van der Waals surface area contributed by atoms with E-state index >= 15 is 0 Å². The van der Waals surface area contributed by atoms with Crippen LogP contribution in [0.1, 0.15) is 12.5 Å². The van der Waals surface area contributed by atoms with Crippen LogP contribution < -0.4 is 19.1 Å². The van der Waals surface area contributed by atoms with Crippen molar-refractivity contribution in [3.8, 4) is 17.2 Å². The van der Waals surface area contributed by atoms with Crippen molar-refractivity contribution in [1.82, 2.24) is 0 Å². The van der Waals surface area contributed by atoms with Crippen LogP contribution in [0.15, 0.2) is 47.1 Å². The maximum absolute atomic E-state index is 13.1. The van der Waals surface area contributed by atoms with E-state index in [0.29, 0.717) is 45.4 Å². The Balaban J connectivity index is 1.95. The summed E-state index contributed by atoms with van der Waals surface area (Å²) in [6.45, 7) is 2.45. The summed E-state index contributed by atoms with van der Waals surface area (Å²) in [6, 6.07) is 10.7. The van der Waals surface area contributed by atoms with Crippen LogP contribution >= 0.6 is 23.4 Å². The summed E-state index contributed by atoms with van der Waals surface area (Å²) in [5, 5.41) is 0.993. The van der Waals surface area contributed by atoms with E-state index in [1.54, 1.807) is 38.5 Å². The molecule has 29 heavy (non-hydrogen) atoms. The highest BCUT2D eigenvalue weighted by atomic mass is 35.5. The summed E-state index contributed by atoms with van der Waals surface area (Å²) in [4.78, 5) is 19.1. The zero-order valence-corrected chi connectivity index (χ0v) is 18.1. The molecule has 0 spiro atoms. The van der Waals surface area contributed by atoms with Crippen molar-refractivity contribution in [2.45, 2.75) is 6.92 Å². The number of amides is 1. The van der Waals surface area contributed by atoms with E-state index in [-0.39, 0.29) is 5.91 Å². The van der Waals surface area contributed by atoms with Crippen LogP contribution in [0.5, 0.6) is 17.2 Å². The monoisotopic (exact) mass is 432 g/mol. The molecule has 1 aliphatic heterocycles. The standard InChI is InChI=1S/C21H21ClN2O4S/c1-5-28-18-8-6-13(11-19(18)27-3)10-16-20(25)24(21(23-16)29-4)14-7-9-17(26-2)15(22)12-14/h6-12H,5H2,1-4H3. The molecule has 1 amide bonds. The summed E-state index contributed by atoms with van der Waals surface area (Å²) < 4.78 is 16.1. The fourth-order valence-corrected chi connectivity index (χ4v) is 3.67.